The van der Waals surface area contributed by atoms with Crippen LogP contribution < -0.4 is 10.5 Å². The van der Waals surface area contributed by atoms with Crippen LogP contribution in [0.4, 0.5) is 0 Å². The van der Waals surface area contributed by atoms with Crippen molar-refractivity contribution in [2.24, 2.45) is 5.73 Å². The van der Waals surface area contributed by atoms with Crippen molar-refractivity contribution in [3.8, 4) is 17.0 Å². The number of carbonyl (C=O) groups is 2. The van der Waals surface area contributed by atoms with Gasteiger partial charge in [0.25, 0.3) is 0 Å². The SMILES string of the molecule is COc1ccc2c(c1)-c1c(ccn1C[C@H](C)N)C2.O=C(O)C=CC(=O)O. The average Bonchev–Trinajstić information content (AvgIpc) is 3.12. The Kier molecular flexibility index (Phi) is 6.19. The second kappa shape index (κ2) is 8.35. The fourth-order valence-corrected chi connectivity index (χ4v) is 2.86. The highest BCUT2D eigenvalue weighted by Crippen LogP contribution is 2.39. The Balaban J connectivity index is 0.000000260. The minimum absolute atomic E-state index is 0.163. The smallest absolute Gasteiger partial charge is 0.328 e. The summed E-state index contributed by atoms with van der Waals surface area (Å²) in [6.45, 7) is 2.89. The molecule has 138 valence electrons. The molecule has 0 saturated carbocycles. The number of nitrogens with zero attached hydrogens (tertiary/aromatic N) is 1. The summed E-state index contributed by atoms with van der Waals surface area (Å²) in [5, 5.41) is 15.6. The highest BCUT2D eigenvalue weighted by atomic mass is 16.5. The maximum atomic E-state index is 9.55. The largest absolute Gasteiger partial charge is 0.497 e. The van der Waals surface area contributed by atoms with Crippen LogP contribution in [0, 0.1) is 0 Å². The van der Waals surface area contributed by atoms with Gasteiger partial charge in [-0.2, -0.15) is 0 Å². The van der Waals surface area contributed by atoms with Gasteiger partial charge in [-0.15, -0.1) is 0 Å². The molecule has 7 heteroatoms. The highest BCUT2D eigenvalue weighted by Gasteiger charge is 2.22. The standard InChI is InChI=1S/C15H18N2O.C4H4O4/c1-10(16)9-17-6-5-12-7-11-3-4-13(18-2)8-14(11)15(12)17;5-3(6)1-2-4(7)8/h3-6,8,10H,7,9,16H2,1-2H3;1-2H,(H,5,6)(H,7,8)/t10-;/m0./s1. The Bertz CT molecular complexity index is 820. The molecule has 4 N–H and O–H groups in total. The zero-order valence-electron chi connectivity index (χ0n) is 14.7. The van der Waals surface area contributed by atoms with Gasteiger partial charge in [-0.25, -0.2) is 9.59 Å². The zero-order valence-corrected chi connectivity index (χ0v) is 14.7. The molecule has 1 aliphatic carbocycles. The average molecular weight is 358 g/mol. The molecule has 0 fully saturated rings. The quantitative estimate of drug-likeness (QED) is 0.602. The lowest BCUT2D eigenvalue weighted by Gasteiger charge is -2.12. The van der Waals surface area contributed by atoms with Gasteiger partial charge in [-0.3, -0.25) is 0 Å². The molecule has 1 aromatic carbocycles. The van der Waals surface area contributed by atoms with E-state index in [1.165, 1.54) is 22.4 Å². The normalized spacial score (nSPS) is 12.7. The van der Waals surface area contributed by atoms with Gasteiger partial charge < -0.3 is 25.3 Å². The molecule has 0 amide bonds. The summed E-state index contributed by atoms with van der Waals surface area (Å²) in [4.78, 5) is 19.1. The molecular weight excluding hydrogens is 336 g/mol. The minimum Gasteiger partial charge on any atom is -0.497 e. The molecule has 7 nitrogen and oxygen atoms in total. The summed E-state index contributed by atoms with van der Waals surface area (Å²) in [5.41, 5.74) is 11.3. The summed E-state index contributed by atoms with van der Waals surface area (Å²) < 4.78 is 7.57. The number of ether oxygens (including phenoxy) is 1. The topological polar surface area (TPSA) is 115 Å². The summed E-state index contributed by atoms with van der Waals surface area (Å²) in [5.74, 6) is -1.60. The number of rotatable bonds is 5. The second-order valence-corrected chi connectivity index (χ2v) is 6.03. The first-order valence-electron chi connectivity index (χ1n) is 8.06. The summed E-state index contributed by atoms with van der Waals surface area (Å²) in [6.07, 6.45) is 4.27. The van der Waals surface area contributed by atoms with Crippen molar-refractivity contribution in [2.45, 2.75) is 25.9 Å². The minimum atomic E-state index is -1.26. The number of carboxylic acid groups (broad SMARTS) is 2. The van der Waals surface area contributed by atoms with Gasteiger partial charge in [0, 0.05) is 42.9 Å². The first-order valence-corrected chi connectivity index (χ1v) is 8.06. The van der Waals surface area contributed by atoms with E-state index in [1.807, 2.05) is 13.0 Å². The van der Waals surface area contributed by atoms with E-state index >= 15 is 0 Å². The van der Waals surface area contributed by atoms with Crippen LogP contribution >= 0.6 is 0 Å². The Labute approximate surface area is 151 Å². The van der Waals surface area contributed by atoms with Gasteiger partial charge in [0.2, 0.25) is 0 Å². The first kappa shape index (κ1) is 19.3. The Morgan fingerprint density at radius 2 is 1.88 bits per heavy atom. The van der Waals surface area contributed by atoms with Crippen LogP contribution in [0.1, 0.15) is 18.1 Å². The predicted octanol–water partition coefficient (Wildman–Crippen LogP) is 2.13. The van der Waals surface area contributed by atoms with Crippen LogP contribution in [-0.4, -0.2) is 39.9 Å². The molecule has 2 aromatic rings. The number of benzene rings is 1. The lowest BCUT2D eigenvalue weighted by atomic mass is 10.1. The third-order valence-electron chi connectivity index (χ3n) is 3.85. The van der Waals surface area contributed by atoms with Gasteiger partial charge in [0.05, 0.1) is 12.8 Å². The fraction of sp³-hybridized carbons (Fsp3) is 0.263. The number of nitrogens with two attached hydrogens (primary N) is 1. The van der Waals surface area contributed by atoms with Crippen molar-refractivity contribution >= 4 is 11.9 Å². The van der Waals surface area contributed by atoms with E-state index < -0.39 is 11.9 Å². The van der Waals surface area contributed by atoms with Gasteiger partial charge in [-0.1, -0.05) is 6.07 Å². The number of fused-ring (bicyclic) bond motifs is 3. The van der Waals surface area contributed by atoms with Crippen molar-refractivity contribution < 1.29 is 24.5 Å². The summed E-state index contributed by atoms with van der Waals surface area (Å²) >= 11 is 0. The van der Waals surface area contributed by atoms with Crippen LogP contribution in [0.25, 0.3) is 11.3 Å². The number of hydrogen-bond acceptors (Lipinski definition) is 4. The Hall–Kier alpha value is -3.06. The van der Waals surface area contributed by atoms with Crippen molar-refractivity contribution in [1.82, 2.24) is 4.57 Å². The van der Waals surface area contributed by atoms with Gasteiger partial charge in [0.1, 0.15) is 5.75 Å². The van der Waals surface area contributed by atoms with Crippen molar-refractivity contribution in [2.75, 3.05) is 7.11 Å². The van der Waals surface area contributed by atoms with Crippen LogP contribution in [0.15, 0.2) is 42.6 Å². The van der Waals surface area contributed by atoms with Gasteiger partial charge in [-0.05, 0) is 36.2 Å². The lowest BCUT2D eigenvalue weighted by Crippen LogP contribution is -2.22. The van der Waals surface area contributed by atoms with Crippen molar-refractivity contribution in [1.29, 1.82) is 0 Å². The Morgan fingerprint density at radius 1 is 1.23 bits per heavy atom. The number of aromatic nitrogens is 1. The maximum absolute atomic E-state index is 9.55. The van der Waals surface area contributed by atoms with Crippen molar-refractivity contribution in [3.63, 3.8) is 0 Å². The number of carboxylic acids is 2. The lowest BCUT2D eigenvalue weighted by molar-refractivity contribution is -0.134. The zero-order chi connectivity index (χ0) is 19.3. The van der Waals surface area contributed by atoms with E-state index in [0.717, 1.165) is 18.7 Å². The predicted molar refractivity (Wildman–Crippen MR) is 97.3 cm³/mol. The van der Waals surface area contributed by atoms with Crippen LogP contribution in [-0.2, 0) is 22.6 Å². The maximum Gasteiger partial charge on any atom is 0.328 e. The molecule has 1 aliphatic rings. The van der Waals surface area contributed by atoms with Gasteiger partial charge >= 0.3 is 11.9 Å². The molecular formula is C19H22N2O5. The third-order valence-corrected chi connectivity index (χ3v) is 3.85. The molecule has 1 atom stereocenters. The Morgan fingerprint density at radius 3 is 2.42 bits per heavy atom. The molecule has 0 saturated heterocycles. The molecule has 1 heterocycles. The van der Waals surface area contributed by atoms with E-state index in [0.29, 0.717) is 12.2 Å². The second-order valence-electron chi connectivity index (χ2n) is 6.03. The van der Waals surface area contributed by atoms with Crippen LogP contribution in [0.5, 0.6) is 5.75 Å². The number of aliphatic carboxylic acids is 2. The third kappa shape index (κ3) is 4.73. The van der Waals surface area contributed by atoms with E-state index in [-0.39, 0.29) is 6.04 Å². The van der Waals surface area contributed by atoms with E-state index in [1.54, 1.807) is 7.11 Å². The highest BCUT2D eigenvalue weighted by molar-refractivity contribution is 5.89. The van der Waals surface area contributed by atoms with Crippen molar-refractivity contribution in [3.05, 3.63) is 53.7 Å². The van der Waals surface area contributed by atoms with E-state index in [9.17, 15) is 9.59 Å². The summed E-state index contributed by atoms with van der Waals surface area (Å²) in [7, 11) is 1.71. The van der Waals surface area contributed by atoms with Crippen LogP contribution in [0.2, 0.25) is 0 Å². The monoisotopic (exact) mass is 358 g/mol. The van der Waals surface area contributed by atoms with Crippen LogP contribution in [0.3, 0.4) is 0 Å². The molecule has 0 spiro atoms. The molecule has 1 aromatic heterocycles. The van der Waals surface area contributed by atoms with Gasteiger partial charge in [0.15, 0.2) is 0 Å². The molecule has 0 radical (unpaired) electrons. The van der Waals surface area contributed by atoms with E-state index in [2.05, 4.69) is 29.0 Å². The first-order chi connectivity index (χ1) is 12.3. The molecule has 0 unspecified atom stereocenters. The molecule has 0 aliphatic heterocycles. The fourth-order valence-electron chi connectivity index (χ4n) is 2.86. The summed E-state index contributed by atoms with van der Waals surface area (Å²) in [6, 6.07) is 8.67. The molecule has 26 heavy (non-hydrogen) atoms. The number of methoxy groups -OCH3 is 1. The molecule has 3 rings (SSSR count). The number of hydrogen-bond donors (Lipinski definition) is 3. The van der Waals surface area contributed by atoms with E-state index in [4.69, 9.17) is 20.7 Å². The molecule has 0 bridgehead atoms.